The third-order valence-electron chi connectivity index (χ3n) is 1.83. The summed E-state index contributed by atoms with van der Waals surface area (Å²) in [6.45, 7) is 1.92. The third-order valence-corrected chi connectivity index (χ3v) is 2.35. The summed E-state index contributed by atoms with van der Waals surface area (Å²) in [5.41, 5.74) is 0.924. The van der Waals surface area contributed by atoms with E-state index in [9.17, 15) is 0 Å². The number of rotatable bonds is 2. The van der Waals surface area contributed by atoms with E-state index in [1.165, 1.54) is 0 Å². The molecule has 1 aromatic heterocycles. The van der Waals surface area contributed by atoms with Crippen molar-refractivity contribution < 1.29 is 4.74 Å². The van der Waals surface area contributed by atoms with Gasteiger partial charge in [0, 0.05) is 4.47 Å². The van der Waals surface area contributed by atoms with Gasteiger partial charge >= 0.3 is 0 Å². The summed E-state index contributed by atoms with van der Waals surface area (Å²) in [6, 6.07) is 7.67. The number of aromatic amines is 1. The molecule has 72 valence electrons. The van der Waals surface area contributed by atoms with E-state index in [1.807, 2.05) is 31.2 Å². The number of aromatic nitrogens is 2. The minimum atomic E-state index is 0.757. The molecule has 2 aromatic rings. The summed E-state index contributed by atoms with van der Waals surface area (Å²) in [4.78, 5) is 0. The molecule has 1 N–H and O–H groups in total. The molecule has 0 saturated heterocycles. The first-order valence-corrected chi connectivity index (χ1v) is 4.98. The Morgan fingerprint density at radius 1 is 1.29 bits per heavy atom. The summed E-state index contributed by atoms with van der Waals surface area (Å²) < 4.78 is 6.63. The molecule has 0 atom stereocenters. The lowest BCUT2D eigenvalue weighted by atomic mass is 10.3. The maximum Gasteiger partial charge on any atom is 0.167 e. The second-order valence-electron chi connectivity index (χ2n) is 2.92. The average molecular weight is 253 g/mol. The molecule has 0 unspecified atom stereocenters. The van der Waals surface area contributed by atoms with Gasteiger partial charge in [0.25, 0.3) is 0 Å². The van der Waals surface area contributed by atoms with Crippen LogP contribution in [0.3, 0.4) is 0 Å². The standard InChI is InChI=1S/C10H9BrN2O/c1-7-10(6-12-13-7)14-9-4-2-8(11)3-5-9/h2-6H,1H3,(H,12,13). The predicted octanol–water partition coefficient (Wildman–Crippen LogP) is 3.27. The van der Waals surface area contributed by atoms with E-state index in [4.69, 9.17) is 4.74 Å². The summed E-state index contributed by atoms with van der Waals surface area (Å²) in [5.74, 6) is 1.56. The second kappa shape index (κ2) is 3.84. The maximum atomic E-state index is 5.59. The first kappa shape index (κ1) is 9.27. The molecule has 0 bridgehead atoms. The Labute approximate surface area is 90.2 Å². The molecule has 1 aromatic carbocycles. The van der Waals surface area contributed by atoms with Gasteiger partial charge < -0.3 is 4.74 Å². The van der Waals surface area contributed by atoms with Crippen LogP contribution in [0.5, 0.6) is 11.5 Å². The zero-order valence-corrected chi connectivity index (χ0v) is 9.21. The van der Waals surface area contributed by atoms with Crippen LogP contribution in [0, 0.1) is 6.92 Å². The SMILES string of the molecule is Cc1[nH]ncc1Oc1ccc(Br)cc1. The molecule has 0 spiro atoms. The molecule has 0 radical (unpaired) electrons. The molecule has 0 fully saturated rings. The molecule has 3 nitrogen and oxygen atoms in total. The highest BCUT2D eigenvalue weighted by Gasteiger charge is 2.02. The number of H-pyrrole nitrogens is 1. The van der Waals surface area contributed by atoms with Crippen molar-refractivity contribution >= 4 is 15.9 Å². The summed E-state index contributed by atoms with van der Waals surface area (Å²) >= 11 is 3.36. The molecule has 0 aliphatic carbocycles. The first-order chi connectivity index (χ1) is 6.75. The van der Waals surface area contributed by atoms with E-state index in [2.05, 4.69) is 26.1 Å². The van der Waals surface area contributed by atoms with Gasteiger partial charge in [-0.25, -0.2) is 0 Å². The molecular formula is C10H9BrN2O. The Balaban J connectivity index is 2.19. The van der Waals surface area contributed by atoms with Crippen LogP contribution < -0.4 is 4.74 Å². The fourth-order valence-corrected chi connectivity index (χ4v) is 1.34. The van der Waals surface area contributed by atoms with Crippen molar-refractivity contribution in [2.75, 3.05) is 0 Å². The number of hydrogen-bond donors (Lipinski definition) is 1. The number of nitrogens with one attached hydrogen (secondary N) is 1. The zero-order valence-electron chi connectivity index (χ0n) is 7.62. The van der Waals surface area contributed by atoms with Gasteiger partial charge in [-0.15, -0.1) is 0 Å². The first-order valence-electron chi connectivity index (χ1n) is 4.19. The Morgan fingerprint density at radius 2 is 2.00 bits per heavy atom. The number of halogens is 1. The quantitative estimate of drug-likeness (QED) is 0.891. The largest absolute Gasteiger partial charge is 0.454 e. The molecule has 0 aliphatic rings. The van der Waals surface area contributed by atoms with Crippen LogP contribution in [0.15, 0.2) is 34.9 Å². The van der Waals surface area contributed by atoms with Crippen LogP contribution in [0.4, 0.5) is 0 Å². The number of benzene rings is 1. The predicted molar refractivity (Wildman–Crippen MR) is 57.5 cm³/mol. The fraction of sp³-hybridized carbons (Fsp3) is 0.100. The summed E-state index contributed by atoms with van der Waals surface area (Å²) in [6.07, 6.45) is 1.66. The van der Waals surface area contributed by atoms with E-state index in [0.29, 0.717) is 0 Å². The zero-order chi connectivity index (χ0) is 9.97. The Hall–Kier alpha value is -1.29. The van der Waals surface area contributed by atoms with Gasteiger partial charge in [0.1, 0.15) is 5.75 Å². The highest BCUT2D eigenvalue weighted by Crippen LogP contribution is 2.24. The van der Waals surface area contributed by atoms with Gasteiger partial charge in [0.15, 0.2) is 5.75 Å². The van der Waals surface area contributed by atoms with Crippen molar-refractivity contribution in [3.63, 3.8) is 0 Å². The van der Waals surface area contributed by atoms with Crippen molar-refractivity contribution in [1.29, 1.82) is 0 Å². The van der Waals surface area contributed by atoms with Crippen LogP contribution in [0.25, 0.3) is 0 Å². The molecular weight excluding hydrogens is 244 g/mol. The highest BCUT2D eigenvalue weighted by molar-refractivity contribution is 9.10. The van der Waals surface area contributed by atoms with E-state index in [-0.39, 0.29) is 0 Å². The Kier molecular flexibility index (Phi) is 2.54. The normalized spacial score (nSPS) is 10.1. The van der Waals surface area contributed by atoms with Crippen molar-refractivity contribution in [3.05, 3.63) is 40.6 Å². The second-order valence-corrected chi connectivity index (χ2v) is 3.83. The van der Waals surface area contributed by atoms with Gasteiger partial charge in [-0.2, -0.15) is 5.10 Å². The minimum absolute atomic E-state index is 0.757. The van der Waals surface area contributed by atoms with Crippen LogP contribution in [0.2, 0.25) is 0 Å². The lowest BCUT2D eigenvalue weighted by Gasteiger charge is -2.03. The van der Waals surface area contributed by atoms with Gasteiger partial charge in [-0.1, -0.05) is 15.9 Å². The molecule has 2 rings (SSSR count). The van der Waals surface area contributed by atoms with E-state index >= 15 is 0 Å². The van der Waals surface area contributed by atoms with Crippen LogP contribution in [-0.4, -0.2) is 10.2 Å². The third kappa shape index (κ3) is 1.96. The van der Waals surface area contributed by atoms with Crippen molar-refractivity contribution in [2.45, 2.75) is 6.92 Å². The summed E-state index contributed by atoms with van der Waals surface area (Å²) in [7, 11) is 0. The summed E-state index contributed by atoms with van der Waals surface area (Å²) in [5, 5.41) is 6.69. The fourth-order valence-electron chi connectivity index (χ4n) is 1.07. The van der Waals surface area contributed by atoms with Gasteiger partial charge in [-0.05, 0) is 31.2 Å². The van der Waals surface area contributed by atoms with Gasteiger partial charge in [0.05, 0.1) is 11.9 Å². The number of nitrogens with zero attached hydrogens (tertiary/aromatic N) is 1. The Morgan fingerprint density at radius 3 is 2.57 bits per heavy atom. The smallest absolute Gasteiger partial charge is 0.167 e. The topological polar surface area (TPSA) is 37.9 Å². The molecule has 1 heterocycles. The van der Waals surface area contributed by atoms with Gasteiger partial charge in [0.2, 0.25) is 0 Å². The van der Waals surface area contributed by atoms with Crippen molar-refractivity contribution in [3.8, 4) is 11.5 Å². The molecule has 0 amide bonds. The molecule has 14 heavy (non-hydrogen) atoms. The van der Waals surface area contributed by atoms with Crippen LogP contribution in [-0.2, 0) is 0 Å². The van der Waals surface area contributed by atoms with Crippen LogP contribution in [0.1, 0.15) is 5.69 Å². The molecule has 0 saturated carbocycles. The van der Waals surface area contributed by atoms with E-state index in [1.54, 1.807) is 6.20 Å². The van der Waals surface area contributed by atoms with E-state index in [0.717, 1.165) is 21.7 Å². The number of aryl methyl sites for hydroxylation is 1. The average Bonchev–Trinajstić information content (AvgIpc) is 2.56. The highest BCUT2D eigenvalue weighted by atomic mass is 79.9. The minimum Gasteiger partial charge on any atom is -0.454 e. The van der Waals surface area contributed by atoms with Gasteiger partial charge in [-0.3, -0.25) is 5.10 Å². The maximum absolute atomic E-state index is 5.59. The number of hydrogen-bond acceptors (Lipinski definition) is 2. The lowest BCUT2D eigenvalue weighted by molar-refractivity contribution is 0.479. The molecule has 4 heteroatoms. The van der Waals surface area contributed by atoms with Crippen molar-refractivity contribution in [2.24, 2.45) is 0 Å². The van der Waals surface area contributed by atoms with Crippen molar-refractivity contribution in [1.82, 2.24) is 10.2 Å². The lowest BCUT2D eigenvalue weighted by Crippen LogP contribution is -1.83. The van der Waals surface area contributed by atoms with Crippen LogP contribution >= 0.6 is 15.9 Å². The number of ether oxygens (including phenoxy) is 1. The molecule has 0 aliphatic heterocycles. The monoisotopic (exact) mass is 252 g/mol. The van der Waals surface area contributed by atoms with E-state index < -0.39 is 0 Å². The Bertz CT molecular complexity index is 422.